The normalized spacial score (nSPS) is 12.4. The lowest BCUT2D eigenvalue weighted by atomic mass is 9.91. The van der Waals surface area contributed by atoms with E-state index in [4.69, 9.17) is 0 Å². The van der Waals surface area contributed by atoms with E-state index in [0.29, 0.717) is 5.92 Å². The molecular formula is C16H24. The first-order valence-electron chi connectivity index (χ1n) is 6.16. The third-order valence-corrected chi connectivity index (χ3v) is 2.60. The maximum absolute atomic E-state index is 3.75. The minimum Gasteiger partial charge on any atom is -0.0991 e. The first-order chi connectivity index (χ1) is 7.79. The van der Waals surface area contributed by atoms with E-state index in [2.05, 4.69) is 56.8 Å². The molecular weight excluding hydrogens is 192 g/mol. The van der Waals surface area contributed by atoms with Gasteiger partial charge in [0.1, 0.15) is 0 Å². The Morgan fingerprint density at radius 1 is 1.25 bits per heavy atom. The van der Waals surface area contributed by atoms with Gasteiger partial charge in [0.05, 0.1) is 0 Å². The van der Waals surface area contributed by atoms with Crippen LogP contribution in [0.1, 0.15) is 45.6 Å². The van der Waals surface area contributed by atoms with E-state index in [1.807, 2.05) is 19.9 Å². The van der Waals surface area contributed by atoms with E-state index in [-0.39, 0.29) is 0 Å². The van der Waals surface area contributed by atoms with Gasteiger partial charge in [-0.25, -0.2) is 0 Å². The molecule has 0 fully saturated rings. The van der Waals surface area contributed by atoms with Gasteiger partial charge in [0.2, 0.25) is 0 Å². The predicted octanol–water partition coefficient (Wildman–Crippen LogP) is 5.34. The lowest BCUT2D eigenvalue weighted by Gasteiger charge is -2.14. The molecule has 0 aliphatic heterocycles. The Labute approximate surface area is 101 Å². The zero-order valence-corrected chi connectivity index (χ0v) is 11.0. The smallest absolute Gasteiger partial charge is 0.00228 e. The van der Waals surface area contributed by atoms with E-state index in [0.717, 1.165) is 6.42 Å². The van der Waals surface area contributed by atoms with Crippen LogP contribution in [-0.2, 0) is 0 Å². The van der Waals surface area contributed by atoms with Gasteiger partial charge in [-0.05, 0) is 12.0 Å². The molecule has 0 spiro atoms. The SMILES string of the molecule is C=C/C=C(\CC)C(C)c1ccccc1.CC. The van der Waals surface area contributed by atoms with Crippen LogP contribution in [0.3, 0.4) is 0 Å². The molecule has 16 heavy (non-hydrogen) atoms. The number of hydrogen-bond acceptors (Lipinski definition) is 0. The first-order valence-corrected chi connectivity index (χ1v) is 6.16. The summed E-state index contributed by atoms with van der Waals surface area (Å²) in [5, 5.41) is 0. The van der Waals surface area contributed by atoms with Crippen LogP contribution in [0.25, 0.3) is 0 Å². The van der Waals surface area contributed by atoms with E-state index in [1.165, 1.54) is 11.1 Å². The third-order valence-electron chi connectivity index (χ3n) is 2.60. The van der Waals surface area contributed by atoms with Crippen molar-refractivity contribution in [1.82, 2.24) is 0 Å². The molecule has 88 valence electrons. The standard InChI is InChI=1S/C14H18.C2H6/c1-4-9-13(5-2)12(3)14-10-7-6-8-11-14;1-2/h4,6-12H,1,5H2,2-3H3;1-2H3/b13-9+;. The van der Waals surface area contributed by atoms with Crippen LogP contribution in [0.5, 0.6) is 0 Å². The van der Waals surface area contributed by atoms with Crippen LogP contribution in [0.2, 0.25) is 0 Å². The van der Waals surface area contributed by atoms with Crippen LogP contribution in [0.4, 0.5) is 0 Å². The van der Waals surface area contributed by atoms with Crippen molar-refractivity contribution in [3.8, 4) is 0 Å². The Morgan fingerprint density at radius 2 is 1.81 bits per heavy atom. The second-order valence-electron chi connectivity index (χ2n) is 3.46. The van der Waals surface area contributed by atoms with Gasteiger partial charge in [0.15, 0.2) is 0 Å². The summed E-state index contributed by atoms with van der Waals surface area (Å²) < 4.78 is 0. The summed E-state index contributed by atoms with van der Waals surface area (Å²) in [6.45, 7) is 12.2. The van der Waals surface area contributed by atoms with E-state index < -0.39 is 0 Å². The molecule has 1 aromatic rings. The summed E-state index contributed by atoms with van der Waals surface area (Å²) >= 11 is 0. The fourth-order valence-corrected chi connectivity index (χ4v) is 1.68. The minimum absolute atomic E-state index is 0.499. The zero-order valence-electron chi connectivity index (χ0n) is 11.0. The quantitative estimate of drug-likeness (QED) is 0.596. The maximum atomic E-state index is 3.75. The molecule has 0 heterocycles. The summed E-state index contributed by atoms with van der Waals surface area (Å²) in [4.78, 5) is 0. The van der Waals surface area contributed by atoms with Crippen molar-refractivity contribution < 1.29 is 0 Å². The van der Waals surface area contributed by atoms with Crippen LogP contribution < -0.4 is 0 Å². The average Bonchev–Trinajstić information content (AvgIpc) is 2.38. The monoisotopic (exact) mass is 216 g/mol. The fraction of sp³-hybridized carbons (Fsp3) is 0.375. The highest BCUT2D eigenvalue weighted by atomic mass is 14.1. The Kier molecular flexibility index (Phi) is 8.24. The van der Waals surface area contributed by atoms with Crippen molar-refractivity contribution in [3.63, 3.8) is 0 Å². The van der Waals surface area contributed by atoms with Crippen molar-refractivity contribution >= 4 is 0 Å². The molecule has 0 bridgehead atoms. The van der Waals surface area contributed by atoms with Crippen LogP contribution >= 0.6 is 0 Å². The largest absolute Gasteiger partial charge is 0.0991 e. The second-order valence-corrected chi connectivity index (χ2v) is 3.46. The van der Waals surface area contributed by atoms with E-state index >= 15 is 0 Å². The van der Waals surface area contributed by atoms with Gasteiger partial charge in [-0.1, -0.05) is 82.3 Å². The number of rotatable bonds is 4. The molecule has 0 amide bonds. The molecule has 0 saturated heterocycles. The summed E-state index contributed by atoms with van der Waals surface area (Å²) in [6, 6.07) is 10.6. The minimum atomic E-state index is 0.499. The van der Waals surface area contributed by atoms with Gasteiger partial charge < -0.3 is 0 Å². The average molecular weight is 216 g/mol. The van der Waals surface area contributed by atoms with Crippen molar-refractivity contribution in [2.45, 2.75) is 40.0 Å². The first kappa shape index (κ1) is 14.7. The van der Waals surface area contributed by atoms with Crippen LogP contribution in [-0.4, -0.2) is 0 Å². The van der Waals surface area contributed by atoms with Gasteiger partial charge >= 0.3 is 0 Å². The van der Waals surface area contributed by atoms with Gasteiger partial charge in [0, 0.05) is 5.92 Å². The van der Waals surface area contributed by atoms with Crippen molar-refractivity contribution in [2.75, 3.05) is 0 Å². The highest BCUT2D eigenvalue weighted by Gasteiger charge is 2.07. The maximum Gasteiger partial charge on any atom is 0.00228 e. The van der Waals surface area contributed by atoms with Gasteiger partial charge in [-0.15, -0.1) is 0 Å². The summed E-state index contributed by atoms with van der Waals surface area (Å²) in [5.74, 6) is 0.499. The Balaban J connectivity index is 0.00000106. The summed E-state index contributed by atoms with van der Waals surface area (Å²) in [5.41, 5.74) is 2.81. The number of hydrogen-bond donors (Lipinski definition) is 0. The van der Waals surface area contributed by atoms with Crippen molar-refractivity contribution in [3.05, 3.63) is 60.2 Å². The number of benzene rings is 1. The summed E-state index contributed by atoms with van der Waals surface area (Å²) in [6.07, 6.45) is 5.08. The highest BCUT2D eigenvalue weighted by molar-refractivity contribution is 5.29. The van der Waals surface area contributed by atoms with Crippen LogP contribution in [0.15, 0.2) is 54.6 Å². The molecule has 1 rings (SSSR count). The topological polar surface area (TPSA) is 0 Å². The van der Waals surface area contributed by atoms with Crippen molar-refractivity contribution in [2.24, 2.45) is 0 Å². The lowest BCUT2D eigenvalue weighted by Crippen LogP contribution is -1.96. The van der Waals surface area contributed by atoms with E-state index in [1.54, 1.807) is 0 Å². The third kappa shape index (κ3) is 4.48. The zero-order chi connectivity index (χ0) is 12.4. The highest BCUT2D eigenvalue weighted by Crippen LogP contribution is 2.25. The molecule has 0 aliphatic carbocycles. The lowest BCUT2D eigenvalue weighted by molar-refractivity contribution is 0.838. The fourth-order valence-electron chi connectivity index (χ4n) is 1.68. The van der Waals surface area contributed by atoms with Gasteiger partial charge in [-0.3, -0.25) is 0 Å². The molecule has 1 aromatic carbocycles. The molecule has 0 heteroatoms. The van der Waals surface area contributed by atoms with Gasteiger partial charge in [-0.2, -0.15) is 0 Å². The Bertz CT molecular complexity index is 306. The molecule has 0 aromatic heterocycles. The second kappa shape index (κ2) is 8.96. The Morgan fingerprint density at radius 3 is 2.25 bits per heavy atom. The molecule has 0 saturated carbocycles. The van der Waals surface area contributed by atoms with Crippen LogP contribution in [0, 0.1) is 0 Å². The predicted molar refractivity (Wildman–Crippen MR) is 74.8 cm³/mol. The molecule has 0 N–H and O–H groups in total. The molecule has 1 atom stereocenters. The molecule has 1 unspecified atom stereocenters. The molecule has 0 nitrogen and oxygen atoms in total. The Hall–Kier alpha value is -1.30. The molecule has 0 radical (unpaired) electrons. The van der Waals surface area contributed by atoms with E-state index in [9.17, 15) is 0 Å². The number of allylic oxidation sites excluding steroid dienone is 3. The van der Waals surface area contributed by atoms with Gasteiger partial charge in [0.25, 0.3) is 0 Å². The molecule has 0 aliphatic rings. The van der Waals surface area contributed by atoms with Crippen molar-refractivity contribution in [1.29, 1.82) is 0 Å². The summed E-state index contributed by atoms with van der Waals surface area (Å²) in [7, 11) is 0.